The van der Waals surface area contributed by atoms with Crippen LogP contribution in [0.3, 0.4) is 0 Å². The van der Waals surface area contributed by atoms with Crippen molar-refractivity contribution in [1.29, 1.82) is 0 Å². The Morgan fingerprint density at radius 2 is 1.60 bits per heavy atom. The molecule has 10 heavy (non-hydrogen) atoms. The molecule has 0 amide bonds. The normalized spacial score (nSPS) is 19.7. The van der Waals surface area contributed by atoms with E-state index in [-0.39, 0.29) is 0 Å². The van der Waals surface area contributed by atoms with Crippen molar-refractivity contribution in [2.45, 2.75) is 46.5 Å². The molecular weight excluding hydrogens is 124 g/mol. The molecule has 0 heterocycles. The predicted molar refractivity (Wildman–Crippen MR) is 44.0 cm³/mol. The van der Waals surface area contributed by atoms with Crippen LogP contribution < -0.4 is 0 Å². The highest BCUT2D eigenvalue weighted by Crippen LogP contribution is 2.19. The lowest BCUT2D eigenvalue weighted by Crippen LogP contribution is -2.10. The van der Waals surface area contributed by atoms with Gasteiger partial charge in [0.15, 0.2) is 0 Å². The molecule has 0 aromatic carbocycles. The quantitative estimate of drug-likeness (QED) is 0.508. The van der Waals surface area contributed by atoms with Gasteiger partial charge in [-0.15, -0.1) is 0 Å². The smallest absolute Gasteiger partial charge is 0.132 e. The average Bonchev–Trinajstić information content (AvgIpc) is 2.00. The SMILES string of the molecule is CC.CC1CCC(=O)CC1. The highest BCUT2D eigenvalue weighted by atomic mass is 16.1. The molecule has 0 atom stereocenters. The van der Waals surface area contributed by atoms with Crippen LogP contribution in [-0.2, 0) is 4.79 Å². The molecule has 1 fully saturated rings. The summed E-state index contributed by atoms with van der Waals surface area (Å²) in [5.41, 5.74) is 0. The Kier molecular flexibility index (Phi) is 5.27. The third-order valence-electron chi connectivity index (χ3n) is 1.83. The van der Waals surface area contributed by atoms with E-state index in [0.29, 0.717) is 5.78 Å². The molecule has 0 aromatic heterocycles. The van der Waals surface area contributed by atoms with Gasteiger partial charge in [-0.05, 0) is 18.8 Å². The first-order valence-electron chi connectivity index (χ1n) is 4.31. The lowest BCUT2D eigenvalue weighted by molar-refractivity contribution is -0.120. The van der Waals surface area contributed by atoms with E-state index < -0.39 is 0 Å². The fourth-order valence-corrected chi connectivity index (χ4v) is 1.08. The van der Waals surface area contributed by atoms with Crippen LogP contribution >= 0.6 is 0 Å². The highest BCUT2D eigenvalue weighted by molar-refractivity contribution is 5.78. The molecule has 1 saturated carbocycles. The van der Waals surface area contributed by atoms with Crippen molar-refractivity contribution in [2.75, 3.05) is 0 Å². The molecule has 0 N–H and O–H groups in total. The largest absolute Gasteiger partial charge is 0.300 e. The molecule has 1 aliphatic carbocycles. The van der Waals surface area contributed by atoms with Crippen molar-refractivity contribution in [3.8, 4) is 0 Å². The number of carbonyl (C=O) groups is 1. The number of hydrogen-bond acceptors (Lipinski definition) is 1. The van der Waals surface area contributed by atoms with Gasteiger partial charge in [0.05, 0.1) is 0 Å². The Balaban J connectivity index is 0.000000371. The summed E-state index contributed by atoms with van der Waals surface area (Å²) >= 11 is 0. The van der Waals surface area contributed by atoms with E-state index in [9.17, 15) is 4.79 Å². The average molecular weight is 142 g/mol. The number of Topliss-reactive ketones (excluding diaryl/α,β-unsaturated/α-hetero) is 1. The van der Waals surface area contributed by atoms with Crippen LogP contribution in [0.15, 0.2) is 0 Å². The molecule has 0 unspecified atom stereocenters. The fourth-order valence-electron chi connectivity index (χ4n) is 1.08. The zero-order valence-electron chi connectivity index (χ0n) is 7.31. The van der Waals surface area contributed by atoms with Crippen LogP contribution in [0.5, 0.6) is 0 Å². The summed E-state index contributed by atoms with van der Waals surface area (Å²) in [6, 6.07) is 0. The summed E-state index contributed by atoms with van der Waals surface area (Å²) in [7, 11) is 0. The Hall–Kier alpha value is -0.330. The van der Waals surface area contributed by atoms with Crippen LogP contribution in [0, 0.1) is 5.92 Å². The second kappa shape index (κ2) is 5.45. The molecule has 1 rings (SSSR count). The molecule has 0 aliphatic heterocycles. The minimum absolute atomic E-state index is 0.461. The summed E-state index contributed by atoms with van der Waals surface area (Å²) < 4.78 is 0. The third kappa shape index (κ3) is 3.65. The maximum atomic E-state index is 10.6. The van der Waals surface area contributed by atoms with Crippen LogP contribution in [-0.4, -0.2) is 5.78 Å². The van der Waals surface area contributed by atoms with Crippen LogP contribution in [0.25, 0.3) is 0 Å². The fraction of sp³-hybridized carbons (Fsp3) is 0.889. The molecular formula is C9H18O. The Morgan fingerprint density at radius 1 is 1.20 bits per heavy atom. The number of hydrogen-bond donors (Lipinski definition) is 0. The maximum absolute atomic E-state index is 10.6. The highest BCUT2D eigenvalue weighted by Gasteiger charge is 2.13. The maximum Gasteiger partial charge on any atom is 0.132 e. The predicted octanol–water partition coefficient (Wildman–Crippen LogP) is 2.79. The summed E-state index contributed by atoms with van der Waals surface area (Å²) in [5, 5.41) is 0. The molecule has 1 nitrogen and oxygen atoms in total. The van der Waals surface area contributed by atoms with Crippen LogP contribution in [0.1, 0.15) is 46.5 Å². The van der Waals surface area contributed by atoms with Gasteiger partial charge in [0, 0.05) is 12.8 Å². The number of ketones is 1. The summed E-state index contributed by atoms with van der Waals surface area (Å²) in [4.78, 5) is 10.6. The van der Waals surface area contributed by atoms with Crippen molar-refractivity contribution in [3.05, 3.63) is 0 Å². The Bertz CT molecular complexity index is 86.9. The molecule has 60 valence electrons. The van der Waals surface area contributed by atoms with Crippen molar-refractivity contribution in [1.82, 2.24) is 0 Å². The van der Waals surface area contributed by atoms with Crippen molar-refractivity contribution < 1.29 is 4.79 Å². The van der Waals surface area contributed by atoms with E-state index >= 15 is 0 Å². The molecule has 0 radical (unpaired) electrons. The molecule has 0 aromatic rings. The second-order valence-corrected chi connectivity index (χ2v) is 2.72. The van der Waals surface area contributed by atoms with Crippen molar-refractivity contribution in [3.63, 3.8) is 0 Å². The van der Waals surface area contributed by atoms with E-state index in [1.807, 2.05) is 13.8 Å². The zero-order valence-corrected chi connectivity index (χ0v) is 7.31. The Morgan fingerprint density at radius 3 is 1.90 bits per heavy atom. The van der Waals surface area contributed by atoms with Crippen LogP contribution in [0.4, 0.5) is 0 Å². The first-order chi connectivity index (χ1) is 4.79. The van der Waals surface area contributed by atoms with E-state index in [1.165, 1.54) is 0 Å². The zero-order chi connectivity index (χ0) is 7.98. The van der Waals surface area contributed by atoms with E-state index in [4.69, 9.17) is 0 Å². The minimum Gasteiger partial charge on any atom is -0.300 e. The first-order valence-corrected chi connectivity index (χ1v) is 4.31. The van der Waals surface area contributed by atoms with Gasteiger partial charge in [-0.3, -0.25) is 4.79 Å². The standard InChI is InChI=1S/C7H12O.C2H6/c1-6-2-4-7(8)5-3-6;1-2/h6H,2-5H2,1H3;1-2H3. The topological polar surface area (TPSA) is 17.1 Å². The molecule has 1 heteroatoms. The van der Waals surface area contributed by atoms with Crippen molar-refractivity contribution in [2.24, 2.45) is 5.92 Å². The van der Waals surface area contributed by atoms with Crippen LogP contribution in [0.2, 0.25) is 0 Å². The van der Waals surface area contributed by atoms with Gasteiger partial charge in [-0.2, -0.15) is 0 Å². The summed E-state index contributed by atoms with van der Waals surface area (Å²) in [6.07, 6.45) is 3.92. The van der Waals surface area contributed by atoms with E-state index in [1.54, 1.807) is 0 Å². The van der Waals surface area contributed by atoms with Gasteiger partial charge in [0.1, 0.15) is 5.78 Å². The lowest BCUT2D eigenvalue weighted by atomic mass is 9.90. The second-order valence-electron chi connectivity index (χ2n) is 2.72. The van der Waals surface area contributed by atoms with Gasteiger partial charge in [-0.25, -0.2) is 0 Å². The summed E-state index contributed by atoms with van der Waals surface area (Å²) in [6.45, 7) is 6.21. The summed E-state index contributed by atoms with van der Waals surface area (Å²) in [5.74, 6) is 1.26. The van der Waals surface area contributed by atoms with Gasteiger partial charge in [0.25, 0.3) is 0 Å². The number of rotatable bonds is 0. The molecule has 0 spiro atoms. The van der Waals surface area contributed by atoms with Crippen molar-refractivity contribution >= 4 is 5.78 Å². The van der Waals surface area contributed by atoms with E-state index in [2.05, 4.69) is 6.92 Å². The monoisotopic (exact) mass is 142 g/mol. The lowest BCUT2D eigenvalue weighted by Gasteiger charge is -2.14. The van der Waals surface area contributed by atoms with Gasteiger partial charge in [-0.1, -0.05) is 20.8 Å². The van der Waals surface area contributed by atoms with E-state index in [0.717, 1.165) is 31.6 Å². The molecule has 1 aliphatic rings. The molecule has 0 saturated heterocycles. The van der Waals surface area contributed by atoms with Gasteiger partial charge < -0.3 is 0 Å². The third-order valence-corrected chi connectivity index (χ3v) is 1.83. The first kappa shape index (κ1) is 9.67. The molecule has 0 bridgehead atoms. The van der Waals surface area contributed by atoms with Gasteiger partial charge in [0.2, 0.25) is 0 Å². The Labute approximate surface area is 63.8 Å². The number of carbonyl (C=O) groups excluding carboxylic acids is 1. The van der Waals surface area contributed by atoms with Gasteiger partial charge >= 0.3 is 0 Å². The minimum atomic E-state index is 0.461.